The van der Waals surface area contributed by atoms with Gasteiger partial charge in [0.05, 0.1) is 13.2 Å². The lowest BCUT2D eigenvalue weighted by atomic mass is 10.2. The zero-order valence-corrected chi connectivity index (χ0v) is 22.2. The minimum absolute atomic E-state index is 0. The first-order chi connectivity index (χ1) is 15.1. The summed E-state index contributed by atoms with van der Waals surface area (Å²) >= 11 is 5.84. The maximum atomic E-state index is 5.90. The van der Waals surface area contributed by atoms with E-state index in [4.69, 9.17) is 26.1 Å². The van der Waals surface area contributed by atoms with Crippen molar-refractivity contribution < 1.29 is 9.47 Å². The zero-order valence-electron chi connectivity index (χ0n) is 19.1. The molecular formula is C23H35ClIN5O2. The molecule has 0 fully saturated rings. The van der Waals surface area contributed by atoms with E-state index in [0.717, 1.165) is 62.0 Å². The highest BCUT2D eigenvalue weighted by atomic mass is 127. The molecule has 0 amide bonds. The topological polar surface area (TPSA) is 71.0 Å². The summed E-state index contributed by atoms with van der Waals surface area (Å²) in [4.78, 5) is 11.0. The Labute approximate surface area is 214 Å². The number of rotatable bonds is 13. The third-order valence-electron chi connectivity index (χ3n) is 4.58. The second-order valence-electron chi connectivity index (χ2n) is 7.15. The summed E-state index contributed by atoms with van der Waals surface area (Å²) in [5.41, 5.74) is 2.23. The minimum atomic E-state index is 0. The van der Waals surface area contributed by atoms with Crippen LogP contribution in [0.1, 0.15) is 18.1 Å². The number of methoxy groups -OCH3 is 1. The number of aliphatic imine (C=N–C) groups is 1. The van der Waals surface area contributed by atoms with E-state index < -0.39 is 0 Å². The van der Waals surface area contributed by atoms with Crippen molar-refractivity contribution in [3.63, 3.8) is 0 Å². The van der Waals surface area contributed by atoms with E-state index in [0.29, 0.717) is 18.3 Å². The molecule has 9 heteroatoms. The summed E-state index contributed by atoms with van der Waals surface area (Å²) in [5.74, 6) is 1.65. The number of nitrogens with zero attached hydrogens (tertiary/aromatic N) is 3. The lowest BCUT2D eigenvalue weighted by Crippen LogP contribution is -2.38. The van der Waals surface area contributed by atoms with E-state index in [1.807, 2.05) is 30.3 Å². The number of ether oxygens (including phenoxy) is 2. The van der Waals surface area contributed by atoms with Gasteiger partial charge in [-0.15, -0.1) is 24.0 Å². The fourth-order valence-corrected chi connectivity index (χ4v) is 2.92. The highest BCUT2D eigenvalue weighted by Gasteiger charge is 2.02. The molecule has 0 unspecified atom stereocenters. The van der Waals surface area contributed by atoms with E-state index in [9.17, 15) is 0 Å². The van der Waals surface area contributed by atoms with Gasteiger partial charge in [-0.25, -0.2) is 9.98 Å². The highest BCUT2D eigenvalue weighted by molar-refractivity contribution is 14.0. The van der Waals surface area contributed by atoms with Gasteiger partial charge in [-0.05, 0) is 49.7 Å². The third-order valence-corrected chi connectivity index (χ3v) is 4.80. The van der Waals surface area contributed by atoms with Crippen LogP contribution in [0, 0.1) is 0 Å². The van der Waals surface area contributed by atoms with Gasteiger partial charge in [0.1, 0.15) is 17.5 Å². The molecule has 0 aliphatic rings. The summed E-state index contributed by atoms with van der Waals surface area (Å²) in [5, 5.41) is 7.15. The number of nitrogens with one attached hydrogen (secondary N) is 2. The van der Waals surface area contributed by atoms with Gasteiger partial charge in [-0.3, -0.25) is 0 Å². The van der Waals surface area contributed by atoms with E-state index >= 15 is 0 Å². The number of benzene rings is 1. The molecule has 32 heavy (non-hydrogen) atoms. The molecule has 1 heterocycles. The second-order valence-corrected chi connectivity index (χ2v) is 7.54. The molecule has 0 aliphatic carbocycles. The van der Waals surface area contributed by atoms with Crippen molar-refractivity contribution in [2.45, 2.75) is 19.9 Å². The Bertz CT molecular complexity index is 792. The van der Waals surface area contributed by atoms with Gasteiger partial charge in [-0.2, -0.15) is 0 Å². The van der Waals surface area contributed by atoms with E-state index in [1.54, 1.807) is 13.3 Å². The summed E-state index contributed by atoms with van der Waals surface area (Å²) in [7, 11) is 3.78. The van der Waals surface area contributed by atoms with Gasteiger partial charge in [0.15, 0.2) is 5.96 Å². The fraction of sp³-hybridized carbons (Fsp3) is 0.478. The van der Waals surface area contributed by atoms with Gasteiger partial charge in [0.25, 0.3) is 0 Å². The summed E-state index contributed by atoms with van der Waals surface area (Å²) in [6.45, 7) is 7.29. The second kappa shape index (κ2) is 16.9. The maximum Gasteiger partial charge on any atom is 0.191 e. The molecule has 0 spiro atoms. The van der Waals surface area contributed by atoms with Gasteiger partial charge < -0.3 is 25.0 Å². The molecule has 0 saturated heterocycles. The van der Waals surface area contributed by atoms with Gasteiger partial charge in [0, 0.05) is 39.5 Å². The van der Waals surface area contributed by atoms with Crippen LogP contribution >= 0.6 is 35.6 Å². The van der Waals surface area contributed by atoms with Crippen molar-refractivity contribution >= 4 is 41.5 Å². The summed E-state index contributed by atoms with van der Waals surface area (Å²) in [6.07, 6.45) is 2.64. The van der Waals surface area contributed by atoms with Gasteiger partial charge in [-0.1, -0.05) is 29.8 Å². The Hall–Kier alpha value is -1.62. The lowest BCUT2D eigenvalue weighted by Gasteiger charge is -2.16. The average molecular weight is 576 g/mol. The third kappa shape index (κ3) is 11.8. The highest BCUT2D eigenvalue weighted by Crippen LogP contribution is 2.14. The number of guanidine groups is 1. The Morgan fingerprint density at radius 2 is 1.94 bits per heavy atom. The first kappa shape index (κ1) is 28.4. The number of likely N-dealkylation sites (N-methyl/N-ethyl adjacent to an activating group) is 1. The van der Waals surface area contributed by atoms with Crippen molar-refractivity contribution in [1.29, 1.82) is 0 Å². The Kier molecular flexibility index (Phi) is 15.0. The quantitative estimate of drug-likeness (QED) is 0.165. The van der Waals surface area contributed by atoms with Gasteiger partial charge >= 0.3 is 0 Å². The average Bonchev–Trinajstić information content (AvgIpc) is 2.77. The van der Waals surface area contributed by atoms with Gasteiger partial charge in [0.2, 0.25) is 0 Å². The number of hydrogen-bond acceptors (Lipinski definition) is 5. The number of pyridine rings is 1. The monoisotopic (exact) mass is 575 g/mol. The van der Waals surface area contributed by atoms with Crippen molar-refractivity contribution in [1.82, 2.24) is 20.5 Å². The number of hydrogen-bond donors (Lipinski definition) is 2. The van der Waals surface area contributed by atoms with Crippen LogP contribution in [0.5, 0.6) is 5.75 Å². The largest absolute Gasteiger partial charge is 0.492 e. The van der Waals surface area contributed by atoms with Crippen molar-refractivity contribution in [2.75, 3.05) is 53.6 Å². The van der Waals surface area contributed by atoms with E-state index in [1.165, 1.54) is 0 Å². The van der Waals surface area contributed by atoms with Crippen LogP contribution in [0.15, 0.2) is 47.6 Å². The standard InChI is InChI=1S/C23H34ClN5O2.HI/c1-4-25-23(26-11-10-19-8-9-22(24)27-17-19)28-18-20-6-5-7-21(16-20)31-15-13-29(2)12-14-30-3;/h5-9,16-17H,4,10-15,18H2,1-3H3,(H2,25,26,28);1H. The molecule has 0 bridgehead atoms. The molecule has 2 N–H and O–H groups in total. The van der Waals surface area contributed by atoms with Crippen LogP contribution in [-0.4, -0.2) is 69.4 Å². The molecular weight excluding hydrogens is 541 g/mol. The van der Waals surface area contributed by atoms with Crippen LogP contribution in [-0.2, 0) is 17.7 Å². The van der Waals surface area contributed by atoms with E-state index in [2.05, 4.69) is 40.6 Å². The molecule has 0 aliphatic heterocycles. The van der Waals surface area contributed by atoms with Crippen molar-refractivity contribution in [3.05, 3.63) is 58.9 Å². The first-order valence-corrected chi connectivity index (χ1v) is 11.0. The smallest absolute Gasteiger partial charge is 0.191 e. The molecule has 2 rings (SSSR count). The molecule has 1 aromatic heterocycles. The SMILES string of the molecule is CCNC(=NCc1cccc(OCCN(C)CCOC)c1)NCCc1ccc(Cl)nc1.I. The minimum Gasteiger partial charge on any atom is -0.492 e. The molecule has 1 aromatic carbocycles. The Morgan fingerprint density at radius 3 is 2.66 bits per heavy atom. The maximum absolute atomic E-state index is 5.90. The first-order valence-electron chi connectivity index (χ1n) is 10.6. The number of halogens is 2. The molecule has 7 nitrogen and oxygen atoms in total. The lowest BCUT2D eigenvalue weighted by molar-refractivity contribution is 0.150. The number of aromatic nitrogens is 1. The predicted octanol–water partition coefficient (Wildman–Crippen LogP) is 3.61. The molecule has 0 radical (unpaired) electrons. The normalized spacial score (nSPS) is 11.2. The summed E-state index contributed by atoms with van der Waals surface area (Å²) in [6, 6.07) is 11.9. The molecule has 2 aromatic rings. The van der Waals surface area contributed by atoms with E-state index in [-0.39, 0.29) is 24.0 Å². The van der Waals surface area contributed by atoms with Crippen LogP contribution < -0.4 is 15.4 Å². The van der Waals surface area contributed by atoms with Crippen LogP contribution in [0.4, 0.5) is 0 Å². The van der Waals surface area contributed by atoms with Crippen LogP contribution in [0.2, 0.25) is 5.15 Å². The molecule has 0 saturated carbocycles. The van der Waals surface area contributed by atoms with Crippen molar-refractivity contribution in [2.24, 2.45) is 4.99 Å². The zero-order chi connectivity index (χ0) is 22.3. The van der Waals surface area contributed by atoms with Crippen molar-refractivity contribution in [3.8, 4) is 5.75 Å². The molecule has 0 atom stereocenters. The molecule has 178 valence electrons. The van der Waals surface area contributed by atoms with Crippen LogP contribution in [0.3, 0.4) is 0 Å². The fourth-order valence-electron chi connectivity index (χ4n) is 2.80. The Balaban J connectivity index is 0.00000512. The van der Waals surface area contributed by atoms with Crippen LogP contribution in [0.25, 0.3) is 0 Å². The summed E-state index contributed by atoms with van der Waals surface area (Å²) < 4.78 is 11.0. The Morgan fingerprint density at radius 1 is 1.12 bits per heavy atom. The predicted molar refractivity (Wildman–Crippen MR) is 142 cm³/mol.